The van der Waals surface area contributed by atoms with Crippen LogP contribution >= 0.6 is 11.3 Å². The molecule has 8 heteroatoms. The summed E-state index contributed by atoms with van der Waals surface area (Å²) in [6.07, 6.45) is 2.53. The van der Waals surface area contributed by atoms with Gasteiger partial charge in [-0.05, 0) is 24.1 Å². The van der Waals surface area contributed by atoms with Crippen molar-refractivity contribution in [3.63, 3.8) is 0 Å². The zero-order chi connectivity index (χ0) is 15.5. The van der Waals surface area contributed by atoms with Crippen molar-refractivity contribution >= 4 is 21.4 Å². The van der Waals surface area contributed by atoms with Gasteiger partial charge < -0.3 is 5.11 Å². The summed E-state index contributed by atoms with van der Waals surface area (Å²) in [6.45, 7) is 1.66. The van der Waals surface area contributed by atoms with Gasteiger partial charge in [-0.25, -0.2) is 22.5 Å². The molecule has 0 fully saturated rings. The van der Waals surface area contributed by atoms with Gasteiger partial charge in [-0.3, -0.25) is 0 Å². The van der Waals surface area contributed by atoms with Crippen LogP contribution in [0.2, 0.25) is 0 Å². The molecule has 5 nitrogen and oxygen atoms in total. The van der Waals surface area contributed by atoms with Crippen LogP contribution in [0.3, 0.4) is 0 Å². The third kappa shape index (κ3) is 3.85. The van der Waals surface area contributed by atoms with E-state index in [-0.39, 0.29) is 13.2 Å². The van der Waals surface area contributed by atoms with Crippen molar-refractivity contribution in [3.05, 3.63) is 45.7 Å². The number of aliphatic hydroxyl groups is 1. The molecule has 114 valence electrons. The van der Waals surface area contributed by atoms with Crippen molar-refractivity contribution in [2.45, 2.75) is 31.4 Å². The topological polar surface area (TPSA) is 79.3 Å². The highest BCUT2D eigenvalue weighted by molar-refractivity contribution is 7.89. The van der Waals surface area contributed by atoms with Crippen molar-refractivity contribution in [2.24, 2.45) is 0 Å². The zero-order valence-electron chi connectivity index (χ0n) is 11.3. The average molecular weight is 330 g/mol. The molecule has 2 rings (SSSR count). The van der Waals surface area contributed by atoms with Gasteiger partial charge in [0.25, 0.3) is 0 Å². The Labute approximate surface area is 126 Å². The second-order valence-corrected chi connectivity index (χ2v) is 7.26. The SMILES string of the molecule is CCc1cnc(CNS(=O)(=O)c2ccc(CO)cc2F)s1. The van der Waals surface area contributed by atoms with Crippen LogP contribution in [0.4, 0.5) is 4.39 Å². The van der Waals surface area contributed by atoms with Crippen LogP contribution in [-0.2, 0) is 29.6 Å². The monoisotopic (exact) mass is 330 g/mol. The van der Waals surface area contributed by atoms with Gasteiger partial charge in [0.1, 0.15) is 15.7 Å². The molecule has 1 aromatic heterocycles. The number of benzene rings is 1. The number of thiazole rings is 1. The first-order chi connectivity index (χ1) is 9.96. The Kier molecular flexibility index (Phi) is 5.04. The van der Waals surface area contributed by atoms with E-state index in [0.717, 1.165) is 23.4 Å². The third-order valence-electron chi connectivity index (χ3n) is 2.83. The molecule has 0 aliphatic carbocycles. The Morgan fingerprint density at radius 3 is 2.76 bits per heavy atom. The van der Waals surface area contributed by atoms with E-state index in [1.807, 2.05) is 6.92 Å². The third-order valence-corrected chi connectivity index (χ3v) is 5.41. The van der Waals surface area contributed by atoms with Crippen LogP contribution in [0.15, 0.2) is 29.3 Å². The van der Waals surface area contributed by atoms with Gasteiger partial charge in [-0.2, -0.15) is 0 Å². The van der Waals surface area contributed by atoms with Crippen molar-refractivity contribution < 1.29 is 17.9 Å². The molecule has 0 bridgehead atoms. The maximum Gasteiger partial charge on any atom is 0.243 e. The van der Waals surface area contributed by atoms with Crippen LogP contribution in [0.5, 0.6) is 0 Å². The Bertz CT molecular complexity index is 729. The first kappa shape index (κ1) is 16.0. The second-order valence-electron chi connectivity index (χ2n) is 4.32. The van der Waals surface area contributed by atoms with Crippen molar-refractivity contribution in [1.82, 2.24) is 9.71 Å². The number of aliphatic hydroxyl groups excluding tert-OH is 1. The van der Waals surface area contributed by atoms with E-state index in [4.69, 9.17) is 5.11 Å². The highest BCUT2D eigenvalue weighted by Crippen LogP contribution is 2.18. The second kappa shape index (κ2) is 6.61. The largest absolute Gasteiger partial charge is 0.392 e. The van der Waals surface area contributed by atoms with E-state index in [0.29, 0.717) is 10.6 Å². The summed E-state index contributed by atoms with van der Waals surface area (Å²) in [5, 5.41) is 9.52. The van der Waals surface area contributed by atoms with Crippen molar-refractivity contribution in [1.29, 1.82) is 0 Å². The molecule has 0 saturated heterocycles. The van der Waals surface area contributed by atoms with Gasteiger partial charge >= 0.3 is 0 Å². The molecule has 0 amide bonds. The maximum absolute atomic E-state index is 13.8. The van der Waals surface area contributed by atoms with E-state index < -0.39 is 20.7 Å². The Morgan fingerprint density at radius 2 is 2.19 bits per heavy atom. The highest BCUT2D eigenvalue weighted by Gasteiger charge is 2.19. The molecule has 0 saturated carbocycles. The molecule has 0 aliphatic heterocycles. The molecular formula is C13H15FN2O3S2. The predicted molar refractivity (Wildman–Crippen MR) is 77.8 cm³/mol. The van der Waals surface area contributed by atoms with E-state index in [2.05, 4.69) is 9.71 Å². The smallest absolute Gasteiger partial charge is 0.243 e. The van der Waals surface area contributed by atoms with Crippen molar-refractivity contribution in [3.8, 4) is 0 Å². The number of aromatic nitrogens is 1. The molecule has 0 aliphatic rings. The molecule has 0 unspecified atom stereocenters. The fraction of sp³-hybridized carbons (Fsp3) is 0.308. The summed E-state index contributed by atoms with van der Waals surface area (Å²) in [7, 11) is -3.95. The first-order valence-corrected chi connectivity index (χ1v) is 8.58. The van der Waals surface area contributed by atoms with Gasteiger partial charge in [0.2, 0.25) is 10.0 Å². The molecule has 2 aromatic rings. The molecule has 2 N–H and O–H groups in total. The van der Waals surface area contributed by atoms with E-state index in [1.54, 1.807) is 6.20 Å². The number of halogens is 1. The molecule has 0 atom stereocenters. The standard InChI is InChI=1S/C13H15FN2O3S2/c1-2-10-6-15-13(20-10)7-16-21(18,19)12-4-3-9(8-17)5-11(12)14/h3-6,16-17H,2,7-8H2,1H3. The van der Waals surface area contributed by atoms with Gasteiger partial charge in [-0.15, -0.1) is 11.3 Å². The van der Waals surface area contributed by atoms with Crippen LogP contribution in [0, 0.1) is 5.82 Å². The molecule has 1 aromatic carbocycles. The van der Waals surface area contributed by atoms with E-state index in [1.165, 1.54) is 17.4 Å². The zero-order valence-corrected chi connectivity index (χ0v) is 13.0. The number of nitrogens with zero attached hydrogens (tertiary/aromatic N) is 1. The maximum atomic E-state index is 13.8. The molecule has 21 heavy (non-hydrogen) atoms. The lowest BCUT2D eigenvalue weighted by atomic mass is 10.2. The van der Waals surface area contributed by atoms with Crippen LogP contribution in [0.1, 0.15) is 22.4 Å². The lowest BCUT2D eigenvalue weighted by Gasteiger charge is -2.07. The minimum Gasteiger partial charge on any atom is -0.392 e. The molecular weight excluding hydrogens is 315 g/mol. The van der Waals surface area contributed by atoms with Crippen LogP contribution < -0.4 is 4.72 Å². The Hall–Kier alpha value is -1.35. The first-order valence-electron chi connectivity index (χ1n) is 6.28. The Morgan fingerprint density at radius 1 is 1.43 bits per heavy atom. The molecule has 0 spiro atoms. The van der Waals surface area contributed by atoms with Crippen LogP contribution in [0.25, 0.3) is 0 Å². The summed E-state index contributed by atoms with van der Waals surface area (Å²) < 4.78 is 40.2. The molecule has 1 heterocycles. The van der Waals surface area contributed by atoms with Crippen molar-refractivity contribution in [2.75, 3.05) is 0 Å². The van der Waals surface area contributed by atoms with Gasteiger partial charge in [0, 0.05) is 11.1 Å². The summed E-state index contributed by atoms with van der Waals surface area (Å²) >= 11 is 1.41. The number of hydrogen-bond donors (Lipinski definition) is 2. The lowest BCUT2D eigenvalue weighted by molar-refractivity contribution is 0.281. The summed E-state index contributed by atoms with van der Waals surface area (Å²) in [5.74, 6) is -0.887. The fourth-order valence-corrected chi connectivity index (χ4v) is 3.63. The highest BCUT2D eigenvalue weighted by atomic mass is 32.2. The average Bonchev–Trinajstić information content (AvgIpc) is 2.93. The minimum absolute atomic E-state index is 0.0220. The van der Waals surface area contributed by atoms with E-state index >= 15 is 0 Å². The lowest BCUT2D eigenvalue weighted by Crippen LogP contribution is -2.24. The predicted octanol–water partition coefficient (Wildman–Crippen LogP) is 1.82. The Balaban J connectivity index is 2.14. The fourth-order valence-electron chi connectivity index (χ4n) is 1.69. The number of nitrogens with one attached hydrogen (secondary N) is 1. The van der Waals surface area contributed by atoms with Gasteiger partial charge in [0.15, 0.2) is 0 Å². The number of rotatable bonds is 6. The summed E-state index contributed by atoms with van der Waals surface area (Å²) in [5.41, 5.74) is 0.318. The number of sulfonamides is 1. The quantitative estimate of drug-likeness (QED) is 0.847. The van der Waals surface area contributed by atoms with Crippen LogP contribution in [-0.4, -0.2) is 18.5 Å². The van der Waals surface area contributed by atoms with Gasteiger partial charge in [-0.1, -0.05) is 13.0 Å². The summed E-state index contributed by atoms with van der Waals surface area (Å²) in [6, 6.07) is 3.52. The van der Waals surface area contributed by atoms with Gasteiger partial charge in [0.05, 0.1) is 13.2 Å². The minimum atomic E-state index is -3.95. The number of aryl methyl sites for hydroxylation is 1. The number of hydrogen-bond acceptors (Lipinski definition) is 5. The summed E-state index contributed by atoms with van der Waals surface area (Å²) in [4.78, 5) is 4.72. The normalized spacial score (nSPS) is 11.8. The van der Waals surface area contributed by atoms with E-state index in [9.17, 15) is 12.8 Å². The molecule has 0 radical (unpaired) electrons.